The van der Waals surface area contributed by atoms with E-state index in [2.05, 4.69) is 10.3 Å². The summed E-state index contributed by atoms with van der Waals surface area (Å²) in [6.07, 6.45) is 0.283. The number of halogens is 1. The number of amides is 5. The topological polar surface area (TPSA) is 138 Å². The number of benzene rings is 2. The maximum Gasteiger partial charge on any atom is 0.343 e. The van der Waals surface area contributed by atoms with Crippen LogP contribution < -0.4 is 11.1 Å². The van der Waals surface area contributed by atoms with Crippen molar-refractivity contribution in [3.05, 3.63) is 76.9 Å². The first kappa shape index (κ1) is 26.4. The molecule has 1 aromatic heterocycles. The third kappa shape index (κ3) is 5.23. The Morgan fingerprint density at radius 3 is 2.62 bits per heavy atom. The van der Waals surface area contributed by atoms with Crippen LogP contribution in [0.1, 0.15) is 24.5 Å². The van der Waals surface area contributed by atoms with Gasteiger partial charge in [-0.2, -0.15) is 5.06 Å². The van der Waals surface area contributed by atoms with Gasteiger partial charge in [0.2, 0.25) is 11.8 Å². The third-order valence-corrected chi connectivity index (χ3v) is 7.23. The summed E-state index contributed by atoms with van der Waals surface area (Å²) in [6.45, 7) is 1.59. The van der Waals surface area contributed by atoms with E-state index in [1.807, 2.05) is 30.3 Å². The molecular formula is C27H27ClN6O5. The summed E-state index contributed by atoms with van der Waals surface area (Å²) in [5, 5.41) is 5.33. The van der Waals surface area contributed by atoms with Gasteiger partial charge in [-0.3, -0.25) is 24.2 Å². The number of urea groups is 1. The largest absolute Gasteiger partial charge is 0.370 e. The molecule has 39 heavy (non-hydrogen) atoms. The molecule has 3 atom stereocenters. The van der Waals surface area contributed by atoms with Crippen molar-refractivity contribution < 1.29 is 24.0 Å². The molecule has 5 amide bonds. The molecule has 3 heterocycles. The van der Waals surface area contributed by atoms with Crippen molar-refractivity contribution in [2.75, 3.05) is 6.61 Å². The summed E-state index contributed by atoms with van der Waals surface area (Å²) in [5.41, 5.74) is 7.80. The number of hydrogen-bond acceptors (Lipinski definition) is 6. The summed E-state index contributed by atoms with van der Waals surface area (Å²) < 4.78 is 0. The average molecular weight is 551 g/mol. The molecule has 12 heteroatoms. The molecule has 3 aromatic rings. The first-order valence-electron chi connectivity index (χ1n) is 12.4. The van der Waals surface area contributed by atoms with Gasteiger partial charge in [-0.25, -0.2) is 4.79 Å². The fraction of sp³-hybridized carbons (Fsp3) is 0.296. The van der Waals surface area contributed by atoms with E-state index in [0.717, 1.165) is 27.1 Å². The van der Waals surface area contributed by atoms with Crippen LogP contribution in [0.4, 0.5) is 4.79 Å². The summed E-state index contributed by atoms with van der Waals surface area (Å²) in [4.78, 5) is 65.0. The SMILES string of the molecule is C[C@H]1[C@@H]2N(C(=O)NCc3ccc(Cl)cc3)OCC(=O)N2[C@@H](CC(N)=O)C(=O)N1Cc1cccc2cccnc12. The molecule has 202 valence electrons. The molecule has 0 radical (unpaired) electrons. The van der Waals surface area contributed by atoms with Gasteiger partial charge in [0.1, 0.15) is 6.04 Å². The Labute approximate surface area is 229 Å². The zero-order valence-electron chi connectivity index (χ0n) is 21.1. The highest BCUT2D eigenvalue weighted by molar-refractivity contribution is 6.30. The van der Waals surface area contributed by atoms with E-state index < -0.39 is 55.0 Å². The van der Waals surface area contributed by atoms with Gasteiger partial charge in [0.15, 0.2) is 12.8 Å². The highest BCUT2D eigenvalue weighted by Gasteiger charge is 2.53. The molecule has 2 saturated heterocycles. The normalized spacial score (nSPS) is 21.2. The van der Waals surface area contributed by atoms with Gasteiger partial charge in [0, 0.05) is 29.7 Å². The van der Waals surface area contributed by atoms with Crippen molar-refractivity contribution >= 4 is 46.3 Å². The van der Waals surface area contributed by atoms with Gasteiger partial charge in [0.05, 0.1) is 18.0 Å². The molecule has 2 aromatic carbocycles. The monoisotopic (exact) mass is 550 g/mol. The molecule has 0 spiro atoms. The van der Waals surface area contributed by atoms with Crippen molar-refractivity contribution in [1.82, 2.24) is 25.2 Å². The van der Waals surface area contributed by atoms with E-state index in [4.69, 9.17) is 22.2 Å². The van der Waals surface area contributed by atoms with E-state index in [1.54, 1.807) is 42.3 Å². The zero-order chi connectivity index (χ0) is 27.7. The Kier molecular flexibility index (Phi) is 7.36. The first-order valence-corrected chi connectivity index (χ1v) is 12.8. The van der Waals surface area contributed by atoms with Crippen molar-refractivity contribution in [2.45, 2.75) is 44.7 Å². The second-order valence-corrected chi connectivity index (χ2v) is 9.92. The number of primary amides is 1. The number of aromatic nitrogens is 1. The highest BCUT2D eigenvalue weighted by Crippen LogP contribution is 2.32. The molecule has 2 aliphatic rings. The fourth-order valence-corrected chi connectivity index (χ4v) is 5.23. The Balaban J connectivity index is 1.46. The number of rotatable bonds is 6. The molecule has 0 bridgehead atoms. The van der Waals surface area contributed by atoms with Crippen LogP contribution in [0.2, 0.25) is 5.02 Å². The zero-order valence-corrected chi connectivity index (χ0v) is 21.9. The molecule has 11 nitrogen and oxygen atoms in total. The predicted molar refractivity (Wildman–Crippen MR) is 141 cm³/mol. The Morgan fingerprint density at radius 2 is 1.87 bits per heavy atom. The van der Waals surface area contributed by atoms with Crippen molar-refractivity contribution in [3.8, 4) is 0 Å². The number of fused-ring (bicyclic) bond motifs is 2. The van der Waals surface area contributed by atoms with Crippen molar-refractivity contribution in [2.24, 2.45) is 5.73 Å². The molecule has 0 saturated carbocycles. The molecule has 2 fully saturated rings. The van der Waals surface area contributed by atoms with Crippen molar-refractivity contribution in [1.29, 1.82) is 0 Å². The average Bonchev–Trinajstić information content (AvgIpc) is 2.92. The smallest absolute Gasteiger partial charge is 0.343 e. The van der Waals surface area contributed by atoms with E-state index in [0.29, 0.717) is 5.02 Å². The quantitative estimate of drug-likeness (QED) is 0.482. The molecule has 0 aliphatic carbocycles. The van der Waals surface area contributed by atoms with Crippen LogP contribution in [0.25, 0.3) is 10.9 Å². The Morgan fingerprint density at radius 1 is 1.13 bits per heavy atom. The Bertz CT molecular complexity index is 1430. The predicted octanol–water partition coefficient (Wildman–Crippen LogP) is 2.17. The van der Waals surface area contributed by atoms with E-state index in [9.17, 15) is 19.2 Å². The minimum atomic E-state index is -1.19. The number of carbonyl (C=O) groups is 4. The van der Waals surface area contributed by atoms with E-state index in [-0.39, 0.29) is 13.1 Å². The molecule has 0 unspecified atom stereocenters. The highest BCUT2D eigenvalue weighted by atomic mass is 35.5. The van der Waals surface area contributed by atoms with Crippen molar-refractivity contribution in [3.63, 3.8) is 0 Å². The Hall–Kier alpha value is -4.22. The van der Waals surface area contributed by atoms with Gasteiger partial charge >= 0.3 is 6.03 Å². The summed E-state index contributed by atoms with van der Waals surface area (Å²) in [7, 11) is 0. The number of hydroxylamine groups is 2. The van der Waals surface area contributed by atoms with Crippen LogP contribution in [-0.4, -0.2) is 68.5 Å². The second-order valence-electron chi connectivity index (χ2n) is 9.48. The summed E-state index contributed by atoms with van der Waals surface area (Å²) >= 11 is 5.95. The molecular weight excluding hydrogens is 524 g/mol. The van der Waals surface area contributed by atoms with Gasteiger partial charge in [-0.05, 0) is 36.2 Å². The van der Waals surface area contributed by atoms with Gasteiger partial charge in [-0.15, -0.1) is 0 Å². The first-order chi connectivity index (χ1) is 18.7. The van der Waals surface area contributed by atoms with Crippen LogP contribution in [-0.2, 0) is 32.3 Å². The van der Waals surface area contributed by atoms with Crippen LogP contribution in [0, 0.1) is 0 Å². The van der Waals surface area contributed by atoms with Gasteiger partial charge in [0.25, 0.3) is 5.91 Å². The standard InChI is InChI=1S/C27H27ClN6O5/c1-16-25-33(23(36)15-39-34(25)27(38)31-13-17-7-9-20(28)10-8-17)21(12-22(29)35)26(37)32(16)14-19-5-2-4-18-6-3-11-30-24(18)19/h2-11,16,21,25H,12-15H2,1H3,(H2,29,35)(H,31,38)/t16-,21-,25-/m0/s1. The second kappa shape index (κ2) is 10.9. The number of piperazine rings is 1. The lowest BCUT2D eigenvalue weighted by molar-refractivity contribution is -0.245. The lowest BCUT2D eigenvalue weighted by Crippen LogP contribution is -2.75. The number of carbonyl (C=O) groups excluding carboxylic acids is 4. The number of nitrogens with one attached hydrogen (secondary N) is 1. The number of para-hydroxylation sites is 1. The van der Waals surface area contributed by atoms with Crippen LogP contribution >= 0.6 is 11.6 Å². The number of hydrogen-bond donors (Lipinski definition) is 2. The van der Waals surface area contributed by atoms with Gasteiger partial charge < -0.3 is 20.9 Å². The van der Waals surface area contributed by atoms with E-state index in [1.165, 1.54) is 4.90 Å². The molecule has 5 rings (SSSR count). The minimum absolute atomic E-state index is 0.141. The number of nitrogens with two attached hydrogens (primary N) is 1. The summed E-state index contributed by atoms with van der Waals surface area (Å²) in [5.74, 6) is -1.70. The molecule has 2 aliphatic heterocycles. The van der Waals surface area contributed by atoms with Crippen LogP contribution in [0.15, 0.2) is 60.8 Å². The number of nitrogens with zero attached hydrogens (tertiary/aromatic N) is 4. The van der Waals surface area contributed by atoms with E-state index >= 15 is 0 Å². The fourth-order valence-electron chi connectivity index (χ4n) is 5.11. The number of pyridine rings is 1. The van der Waals surface area contributed by atoms with Crippen LogP contribution in [0.3, 0.4) is 0 Å². The maximum atomic E-state index is 13.8. The summed E-state index contributed by atoms with van der Waals surface area (Å²) in [6, 6.07) is 13.9. The van der Waals surface area contributed by atoms with Gasteiger partial charge in [-0.1, -0.05) is 48.0 Å². The minimum Gasteiger partial charge on any atom is -0.370 e. The lowest BCUT2D eigenvalue weighted by Gasteiger charge is -2.54. The maximum absolute atomic E-state index is 13.8. The third-order valence-electron chi connectivity index (χ3n) is 6.98. The van der Waals surface area contributed by atoms with Crippen LogP contribution in [0.5, 0.6) is 0 Å². The lowest BCUT2D eigenvalue weighted by atomic mass is 9.97. The molecule has 3 N–H and O–H groups in total.